The average Bonchev–Trinajstić information content (AvgIpc) is 2.80. The molecule has 0 saturated heterocycles. The predicted molar refractivity (Wildman–Crippen MR) is 153 cm³/mol. The number of nitrogens with one attached hydrogen (secondary N) is 2. The Bertz CT molecular complexity index is 1100. The fraction of sp³-hybridized carbons (Fsp3) is 0.538. The molecule has 202 valence electrons. The van der Waals surface area contributed by atoms with Crippen LogP contribution in [-0.4, -0.2) is 61.9 Å². The number of benzene rings is 2. The Morgan fingerprint density at radius 3 is 2.31 bits per heavy atom. The van der Waals surface area contributed by atoms with Crippen LogP contribution in [0.25, 0.3) is 0 Å². The standard InChI is InChI=1S/C26H42N4O4S2/c1-7-8-16-27-36(33,34)24-14-15-25(26(19-24)30(31)32)28-23-12-10-22(11-13-23)20-29(4)17-9-18-35(5,6)21(2)3/h10-15,19,21,27-28H,7-9,16-18,20H2,1-6H3. The zero-order valence-electron chi connectivity index (χ0n) is 22.4. The molecule has 0 amide bonds. The summed E-state index contributed by atoms with van der Waals surface area (Å²) in [5, 5.41) is 15.5. The van der Waals surface area contributed by atoms with Gasteiger partial charge in [0.25, 0.3) is 5.69 Å². The Hall–Kier alpha value is -2.14. The van der Waals surface area contributed by atoms with Crippen molar-refractivity contribution in [1.82, 2.24) is 9.62 Å². The van der Waals surface area contributed by atoms with Crippen LogP contribution in [0, 0.1) is 10.1 Å². The van der Waals surface area contributed by atoms with Crippen molar-refractivity contribution < 1.29 is 13.3 Å². The van der Waals surface area contributed by atoms with Gasteiger partial charge in [0.2, 0.25) is 10.0 Å². The van der Waals surface area contributed by atoms with Crippen molar-refractivity contribution >= 4 is 37.1 Å². The largest absolute Gasteiger partial charge is 0.350 e. The second-order valence-corrected chi connectivity index (χ2v) is 16.3. The summed E-state index contributed by atoms with van der Waals surface area (Å²) in [6.45, 7) is 8.75. The van der Waals surface area contributed by atoms with E-state index < -0.39 is 25.0 Å². The third-order valence-corrected chi connectivity index (χ3v) is 11.8. The second-order valence-electron chi connectivity index (χ2n) is 9.98. The van der Waals surface area contributed by atoms with Crippen molar-refractivity contribution in [2.24, 2.45) is 0 Å². The molecule has 2 rings (SSSR count). The van der Waals surface area contributed by atoms with Gasteiger partial charge < -0.3 is 10.2 Å². The van der Waals surface area contributed by atoms with Crippen molar-refractivity contribution in [3.05, 3.63) is 58.1 Å². The molecule has 0 aliphatic rings. The predicted octanol–water partition coefficient (Wildman–Crippen LogP) is 5.71. The normalized spacial score (nSPS) is 12.8. The fourth-order valence-electron chi connectivity index (χ4n) is 3.58. The molecule has 2 N–H and O–H groups in total. The van der Waals surface area contributed by atoms with E-state index in [4.69, 9.17) is 0 Å². The van der Waals surface area contributed by atoms with Gasteiger partial charge in [-0.1, -0.05) is 39.3 Å². The second kappa shape index (κ2) is 13.4. The molecule has 0 heterocycles. The molecule has 2 aromatic carbocycles. The molecule has 36 heavy (non-hydrogen) atoms. The first-order chi connectivity index (χ1) is 16.9. The number of nitrogens with zero attached hydrogens (tertiary/aromatic N) is 2. The Morgan fingerprint density at radius 1 is 1.06 bits per heavy atom. The van der Waals surface area contributed by atoms with Gasteiger partial charge in [-0.3, -0.25) is 10.1 Å². The molecule has 0 aliphatic carbocycles. The lowest BCUT2D eigenvalue weighted by Gasteiger charge is -2.36. The van der Waals surface area contributed by atoms with Crippen LogP contribution in [0.3, 0.4) is 0 Å². The number of hydrogen-bond acceptors (Lipinski definition) is 6. The summed E-state index contributed by atoms with van der Waals surface area (Å²) in [5.74, 6) is 1.27. The molecule has 8 nitrogen and oxygen atoms in total. The van der Waals surface area contributed by atoms with Crippen molar-refractivity contribution in [3.63, 3.8) is 0 Å². The van der Waals surface area contributed by atoms with E-state index in [0.29, 0.717) is 18.7 Å². The SMILES string of the molecule is CCCCNS(=O)(=O)c1ccc(Nc2ccc(CN(C)CCCS(C)(C)C(C)C)cc2)c([N+](=O)[O-])c1. The molecule has 0 fully saturated rings. The van der Waals surface area contributed by atoms with Gasteiger partial charge in [-0.15, -0.1) is 0 Å². The summed E-state index contributed by atoms with van der Waals surface area (Å²) in [6.07, 6.45) is 7.54. The third kappa shape index (κ3) is 9.06. The van der Waals surface area contributed by atoms with Gasteiger partial charge in [0.1, 0.15) is 5.69 Å². The van der Waals surface area contributed by atoms with Gasteiger partial charge in [-0.2, -0.15) is 0 Å². The van der Waals surface area contributed by atoms with Crippen LogP contribution >= 0.6 is 10.0 Å². The van der Waals surface area contributed by atoms with E-state index in [0.717, 1.165) is 36.4 Å². The molecular formula is C26H42N4O4S2. The number of nitro benzene ring substituents is 1. The van der Waals surface area contributed by atoms with E-state index in [-0.39, 0.29) is 16.3 Å². The molecule has 0 radical (unpaired) electrons. The smallest absolute Gasteiger partial charge is 0.294 e. The summed E-state index contributed by atoms with van der Waals surface area (Å²) < 4.78 is 27.4. The van der Waals surface area contributed by atoms with E-state index in [2.05, 4.69) is 48.3 Å². The number of hydrogen-bond donors (Lipinski definition) is 2. The molecule has 0 spiro atoms. The molecule has 0 bridgehead atoms. The van der Waals surface area contributed by atoms with Crippen LogP contribution in [0.2, 0.25) is 0 Å². The van der Waals surface area contributed by atoms with Gasteiger partial charge in [0, 0.05) is 24.8 Å². The van der Waals surface area contributed by atoms with Crippen LogP contribution in [0.15, 0.2) is 47.4 Å². The van der Waals surface area contributed by atoms with E-state index in [1.54, 1.807) is 0 Å². The monoisotopic (exact) mass is 538 g/mol. The minimum absolute atomic E-state index is 0.118. The number of rotatable bonds is 15. The highest BCUT2D eigenvalue weighted by Gasteiger charge is 2.21. The van der Waals surface area contributed by atoms with Gasteiger partial charge in [-0.05, 0) is 79.8 Å². The van der Waals surface area contributed by atoms with Crippen molar-refractivity contribution in [3.8, 4) is 0 Å². The Balaban J connectivity index is 2.03. The minimum Gasteiger partial charge on any atom is -0.350 e. The van der Waals surface area contributed by atoms with E-state index in [1.165, 1.54) is 24.3 Å². The number of sulfonamides is 1. The summed E-state index contributed by atoms with van der Waals surface area (Å²) in [4.78, 5) is 13.3. The lowest BCUT2D eigenvalue weighted by molar-refractivity contribution is -0.384. The quantitative estimate of drug-likeness (QED) is 0.171. The first-order valence-corrected chi connectivity index (χ1v) is 16.5. The minimum atomic E-state index is -3.80. The molecule has 2 aromatic rings. The first kappa shape index (κ1) is 30.1. The number of nitro groups is 1. The number of unbranched alkanes of at least 4 members (excludes halogenated alkanes) is 1. The first-order valence-electron chi connectivity index (χ1n) is 12.4. The third-order valence-electron chi connectivity index (χ3n) is 6.47. The molecule has 0 atom stereocenters. The highest BCUT2D eigenvalue weighted by Crippen LogP contribution is 2.45. The van der Waals surface area contributed by atoms with Crippen LogP contribution < -0.4 is 10.0 Å². The van der Waals surface area contributed by atoms with Crippen molar-refractivity contribution in [1.29, 1.82) is 0 Å². The molecule has 0 unspecified atom stereocenters. The van der Waals surface area contributed by atoms with Crippen LogP contribution in [0.4, 0.5) is 17.1 Å². The lowest BCUT2D eigenvalue weighted by atomic mass is 10.2. The summed E-state index contributed by atoms with van der Waals surface area (Å²) in [7, 11) is -2.22. The van der Waals surface area contributed by atoms with E-state index in [9.17, 15) is 18.5 Å². The highest BCUT2D eigenvalue weighted by atomic mass is 32.3. The maximum absolute atomic E-state index is 12.5. The van der Waals surface area contributed by atoms with Crippen molar-refractivity contribution in [2.75, 3.05) is 43.7 Å². The Kier molecular flexibility index (Phi) is 11.2. The van der Waals surface area contributed by atoms with Gasteiger partial charge >= 0.3 is 0 Å². The molecule has 0 saturated carbocycles. The number of anilines is 2. The zero-order valence-corrected chi connectivity index (χ0v) is 24.0. The van der Waals surface area contributed by atoms with Crippen molar-refractivity contribution in [2.45, 2.75) is 56.7 Å². The van der Waals surface area contributed by atoms with Gasteiger partial charge in [0.05, 0.1) is 9.82 Å². The molecule has 0 aromatic heterocycles. The lowest BCUT2D eigenvalue weighted by Crippen LogP contribution is -2.24. The maximum atomic E-state index is 12.5. The summed E-state index contributed by atoms with van der Waals surface area (Å²) in [6, 6.07) is 11.7. The molecule has 0 aliphatic heterocycles. The van der Waals surface area contributed by atoms with Gasteiger partial charge in [-0.25, -0.2) is 23.2 Å². The zero-order chi connectivity index (χ0) is 26.9. The summed E-state index contributed by atoms with van der Waals surface area (Å²) in [5.41, 5.74) is 1.81. The fourth-order valence-corrected chi connectivity index (χ4v) is 6.02. The Labute approximate surface area is 218 Å². The molecule has 10 heteroatoms. The van der Waals surface area contributed by atoms with E-state index >= 15 is 0 Å². The van der Waals surface area contributed by atoms with Crippen LogP contribution in [-0.2, 0) is 16.6 Å². The van der Waals surface area contributed by atoms with E-state index in [1.807, 2.05) is 31.2 Å². The topological polar surface area (TPSA) is 105 Å². The van der Waals surface area contributed by atoms with Gasteiger partial charge in [0.15, 0.2) is 0 Å². The van der Waals surface area contributed by atoms with Crippen LogP contribution in [0.1, 0.15) is 45.6 Å². The Morgan fingerprint density at radius 2 is 1.72 bits per heavy atom. The highest BCUT2D eigenvalue weighted by molar-refractivity contribution is 8.33. The van der Waals surface area contributed by atoms with Crippen LogP contribution in [0.5, 0.6) is 0 Å². The maximum Gasteiger partial charge on any atom is 0.294 e. The summed E-state index contributed by atoms with van der Waals surface area (Å²) >= 11 is 0. The molecular weight excluding hydrogens is 496 g/mol. The average molecular weight is 539 g/mol.